The Morgan fingerprint density at radius 1 is 1.25 bits per heavy atom. The molecule has 0 radical (unpaired) electrons. The van der Waals surface area contributed by atoms with Crippen LogP contribution < -0.4 is 0 Å². The predicted octanol–water partition coefficient (Wildman–Crippen LogP) is 3.10. The summed E-state index contributed by atoms with van der Waals surface area (Å²) < 4.78 is 0. The molecule has 3 heteroatoms. The Hall–Kier alpha value is -1.25. The summed E-state index contributed by atoms with van der Waals surface area (Å²) in [5, 5.41) is 7.90. The number of hydrogen-bond acceptors (Lipinski definition) is 3. The van der Waals surface area contributed by atoms with Gasteiger partial charge in [-0.2, -0.15) is 10.2 Å². The molecule has 0 saturated heterocycles. The molecule has 0 spiro atoms. The van der Waals surface area contributed by atoms with Crippen LogP contribution in [-0.2, 0) is 0 Å². The van der Waals surface area contributed by atoms with Gasteiger partial charge in [-0.3, -0.25) is 4.79 Å². The Morgan fingerprint density at radius 2 is 1.88 bits per heavy atom. The second-order valence-corrected chi connectivity index (χ2v) is 5.47. The highest BCUT2D eigenvalue weighted by molar-refractivity contribution is 5.97. The number of rotatable bonds is 3. The van der Waals surface area contributed by atoms with Crippen LogP contribution >= 0.6 is 0 Å². The normalized spacial score (nSPS) is 11.6. The summed E-state index contributed by atoms with van der Waals surface area (Å²) in [6.07, 6.45) is 1.47. The number of aromatic nitrogens is 2. The van der Waals surface area contributed by atoms with Crippen LogP contribution in [0.15, 0.2) is 6.07 Å². The maximum Gasteiger partial charge on any atom is 0.164 e. The lowest BCUT2D eigenvalue weighted by atomic mass is 9.88. The molecule has 0 unspecified atom stereocenters. The minimum atomic E-state index is 0.172. The Bertz CT molecular complexity index is 391. The average molecular weight is 220 g/mol. The minimum absolute atomic E-state index is 0.172. The highest BCUT2D eigenvalue weighted by Crippen LogP contribution is 2.22. The predicted molar refractivity (Wildman–Crippen MR) is 64.5 cm³/mol. The molecule has 0 bridgehead atoms. The van der Waals surface area contributed by atoms with Crippen molar-refractivity contribution in [1.82, 2.24) is 10.2 Å². The first-order chi connectivity index (χ1) is 7.29. The maximum atomic E-state index is 12.0. The van der Waals surface area contributed by atoms with E-state index in [4.69, 9.17) is 0 Å². The van der Waals surface area contributed by atoms with Crippen molar-refractivity contribution in [2.24, 2.45) is 5.41 Å². The van der Waals surface area contributed by atoms with Crippen molar-refractivity contribution in [2.45, 2.75) is 47.5 Å². The summed E-state index contributed by atoms with van der Waals surface area (Å²) in [6, 6.07) is 1.83. The fourth-order valence-electron chi connectivity index (χ4n) is 1.46. The van der Waals surface area contributed by atoms with Crippen molar-refractivity contribution in [3.63, 3.8) is 0 Å². The van der Waals surface area contributed by atoms with Gasteiger partial charge in [0.1, 0.15) is 0 Å². The maximum absolute atomic E-state index is 12.0. The number of ketones is 1. The highest BCUT2D eigenvalue weighted by atomic mass is 16.1. The van der Waals surface area contributed by atoms with E-state index in [0.717, 1.165) is 23.4 Å². The molecule has 0 aliphatic carbocycles. The molecule has 0 saturated carbocycles. The molecule has 88 valence electrons. The van der Waals surface area contributed by atoms with Crippen LogP contribution in [0.4, 0.5) is 0 Å². The van der Waals surface area contributed by atoms with E-state index < -0.39 is 0 Å². The molecule has 0 N–H and O–H groups in total. The number of Topliss-reactive ketones (excluding diaryl/α,β-unsaturated/α-hetero) is 1. The molecular weight excluding hydrogens is 200 g/mol. The van der Waals surface area contributed by atoms with E-state index >= 15 is 0 Å². The summed E-state index contributed by atoms with van der Waals surface area (Å²) in [6.45, 7) is 10.1. The van der Waals surface area contributed by atoms with E-state index in [-0.39, 0.29) is 11.2 Å². The molecule has 16 heavy (non-hydrogen) atoms. The summed E-state index contributed by atoms with van der Waals surface area (Å²) in [4.78, 5) is 12.0. The first-order valence-electron chi connectivity index (χ1n) is 5.64. The number of aryl methyl sites for hydroxylation is 2. The molecular formula is C13H20N2O. The molecule has 1 aromatic heterocycles. The highest BCUT2D eigenvalue weighted by Gasteiger charge is 2.16. The third-order valence-electron chi connectivity index (χ3n) is 2.50. The second kappa shape index (κ2) is 4.73. The van der Waals surface area contributed by atoms with E-state index in [1.54, 1.807) is 0 Å². The number of hydrogen-bond donors (Lipinski definition) is 0. The topological polar surface area (TPSA) is 42.9 Å². The van der Waals surface area contributed by atoms with Crippen LogP contribution in [0.1, 0.15) is 55.4 Å². The first-order valence-corrected chi connectivity index (χ1v) is 5.64. The second-order valence-electron chi connectivity index (χ2n) is 5.47. The summed E-state index contributed by atoms with van der Waals surface area (Å²) in [7, 11) is 0. The molecule has 0 aliphatic heterocycles. The standard InChI is InChI=1S/C13H20N2O/c1-9-8-11(10(2)15-14-9)12(16)6-7-13(3,4)5/h8H,6-7H2,1-5H3. The van der Waals surface area contributed by atoms with Crippen molar-refractivity contribution in [3.8, 4) is 0 Å². The quantitative estimate of drug-likeness (QED) is 0.735. The molecule has 0 aromatic carbocycles. The van der Waals surface area contributed by atoms with Crippen LogP contribution in [0.25, 0.3) is 0 Å². The SMILES string of the molecule is Cc1cc(C(=O)CCC(C)(C)C)c(C)nn1. The zero-order valence-electron chi connectivity index (χ0n) is 10.8. The van der Waals surface area contributed by atoms with Crippen LogP contribution in [0.3, 0.4) is 0 Å². The lowest BCUT2D eigenvalue weighted by Gasteiger charge is -2.17. The fraction of sp³-hybridized carbons (Fsp3) is 0.615. The van der Waals surface area contributed by atoms with E-state index in [2.05, 4.69) is 31.0 Å². The van der Waals surface area contributed by atoms with E-state index in [1.807, 2.05) is 19.9 Å². The van der Waals surface area contributed by atoms with Gasteiger partial charge in [-0.15, -0.1) is 0 Å². The van der Waals surface area contributed by atoms with Gasteiger partial charge >= 0.3 is 0 Å². The van der Waals surface area contributed by atoms with E-state index in [1.165, 1.54) is 0 Å². The van der Waals surface area contributed by atoms with Crippen molar-refractivity contribution in [1.29, 1.82) is 0 Å². The van der Waals surface area contributed by atoms with Crippen LogP contribution in [0.2, 0.25) is 0 Å². The van der Waals surface area contributed by atoms with Crippen molar-refractivity contribution >= 4 is 5.78 Å². The van der Waals surface area contributed by atoms with Crippen LogP contribution in [-0.4, -0.2) is 16.0 Å². The van der Waals surface area contributed by atoms with Crippen LogP contribution in [0.5, 0.6) is 0 Å². The molecule has 1 aromatic rings. The zero-order chi connectivity index (χ0) is 12.3. The van der Waals surface area contributed by atoms with Gasteiger partial charge in [0.05, 0.1) is 11.4 Å². The molecule has 0 amide bonds. The third-order valence-corrected chi connectivity index (χ3v) is 2.50. The van der Waals surface area contributed by atoms with Gasteiger partial charge in [0.25, 0.3) is 0 Å². The average Bonchev–Trinajstić information content (AvgIpc) is 2.17. The molecule has 0 aliphatic rings. The van der Waals surface area contributed by atoms with Crippen LogP contribution in [0, 0.1) is 19.3 Å². The minimum Gasteiger partial charge on any atom is -0.294 e. The van der Waals surface area contributed by atoms with Gasteiger partial charge in [-0.05, 0) is 31.7 Å². The Labute approximate surface area is 97.3 Å². The fourth-order valence-corrected chi connectivity index (χ4v) is 1.46. The molecule has 0 fully saturated rings. The Kier molecular flexibility index (Phi) is 3.79. The van der Waals surface area contributed by atoms with Gasteiger partial charge < -0.3 is 0 Å². The molecule has 3 nitrogen and oxygen atoms in total. The first kappa shape index (κ1) is 12.8. The Morgan fingerprint density at radius 3 is 2.44 bits per heavy atom. The lowest BCUT2D eigenvalue weighted by molar-refractivity contribution is 0.0964. The third kappa shape index (κ3) is 3.72. The van der Waals surface area contributed by atoms with Gasteiger partial charge in [-0.25, -0.2) is 0 Å². The number of nitrogens with zero attached hydrogens (tertiary/aromatic N) is 2. The van der Waals surface area contributed by atoms with E-state index in [9.17, 15) is 4.79 Å². The van der Waals surface area contributed by atoms with Gasteiger partial charge in [0, 0.05) is 12.0 Å². The Balaban J connectivity index is 2.77. The van der Waals surface area contributed by atoms with Gasteiger partial charge in [0.15, 0.2) is 5.78 Å². The van der Waals surface area contributed by atoms with Crippen molar-refractivity contribution in [3.05, 3.63) is 23.0 Å². The van der Waals surface area contributed by atoms with E-state index in [0.29, 0.717) is 6.42 Å². The lowest BCUT2D eigenvalue weighted by Crippen LogP contribution is -2.11. The largest absolute Gasteiger partial charge is 0.294 e. The summed E-state index contributed by atoms with van der Waals surface area (Å²) in [5.74, 6) is 0.172. The van der Waals surface area contributed by atoms with Crippen molar-refractivity contribution < 1.29 is 4.79 Å². The number of carbonyl (C=O) groups is 1. The molecule has 1 heterocycles. The molecule has 0 atom stereocenters. The number of carbonyl (C=O) groups excluding carboxylic acids is 1. The summed E-state index contributed by atoms with van der Waals surface area (Å²) >= 11 is 0. The summed E-state index contributed by atoms with van der Waals surface area (Å²) in [5.41, 5.74) is 2.44. The molecule has 1 rings (SSSR count). The smallest absolute Gasteiger partial charge is 0.164 e. The van der Waals surface area contributed by atoms with Gasteiger partial charge in [0.2, 0.25) is 0 Å². The zero-order valence-corrected chi connectivity index (χ0v) is 10.8. The van der Waals surface area contributed by atoms with Crippen molar-refractivity contribution in [2.75, 3.05) is 0 Å². The van der Waals surface area contributed by atoms with Gasteiger partial charge in [-0.1, -0.05) is 20.8 Å². The monoisotopic (exact) mass is 220 g/mol.